The number of anilines is 1. The van der Waals surface area contributed by atoms with E-state index in [1.54, 1.807) is 7.11 Å². The van der Waals surface area contributed by atoms with E-state index in [-0.39, 0.29) is 12.1 Å². The SMILES string of the molecule is CCCCC(CC)CNC(=O)NC1CCN(c2ccc(OC)cc2)CC1. The molecule has 1 fully saturated rings. The minimum absolute atomic E-state index is 0.0113. The van der Waals surface area contributed by atoms with Crippen LogP contribution in [0.3, 0.4) is 0 Å². The van der Waals surface area contributed by atoms with E-state index in [1.165, 1.54) is 24.9 Å². The first-order valence-electron chi connectivity index (χ1n) is 10.1. The Balaban J connectivity index is 1.69. The number of ether oxygens (including phenoxy) is 1. The van der Waals surface area contributed by atoms with E-state index in [9.17, 15) is 4.79 Å². The predicted molar refractivity (Wildman–Crippen MR) is 108 cm³/mol. The van der Waals surface area contributed by atoms with E-state index in [1.807, 2.05) is 12.1 Å². The summed E-state index contributed by atoms with van der Waals surface area (Å²) in [5.41, 5.74) is 1.22. The van der Waals surface area contributed by atoms with Gasteiger partial charge < -0.3 is 20.3 Å². The lowest BCUT2D eigenvalue weighted by molar-refractivity contribution is 0.231. The quantitative estimate of drug-likeness (QED) is 0.694. The molecule has 0 saturated carbocycles. The molecule has 1 aliphatic heterocycles. The van der Waals surface area contributed by atoms with Gasteiger partial charge in [-0.3, -0.25) is 0 Å². The van der Waals surface area contributed by atoms with Crippen LogP contribution in [0.4, 0.5) is 10.5 Å². The van der Waals surface area contributed by atoms with Gasteiger partial charge in [-0.25, -0.2) is 4.79 Å². The van der Waals surface area contributed by atoms with Crippen LogP contribution in [0.25, 0.3) is 0 Å². The fourth-order valence-electron chi connectivity index (χ4n) is 3.49. The van der Waals surface area contributed by atoms with Crippen LogP contribution in [0.5, 0.6) is 5.75 Å². The van der Waals surface area contributed by atoms with Crippen molar-refractivity contribution < 1.29 is 9.53 Å². The van der Waals surface area contributed by atoms with Crippen LogP contribution in [0, 0.1) is 5.92 Å². The Morgan fingerprint density at radius 1 is 1.23 bits per heavy atom. The van der Waals surface area contributed by atoms with E-state index in [2.05, 4.69) is 41.5 Å². The number of urea groups is 1. The molecule has 146 valence electrons. The second kappa shape index (κ2) is 10.9. The number of rotatable bonds is 9. The maximum absolute atomic E-state index is 12.2. The van der Waals surface area contributed by atoms with Crippen molar-refractivity contribution in [2.24, 2.45) is 5.92 Å². The third-order valence-corrected chi connectivity index (χ3v) is 5.36. The number of methoxy groups -OCH3 is 1. The van der Waals surface area contributed by atoms with Crippen molar-refractivity contribution in [2.75, 3.05) is 31.6 Å². The Hall–Kier alpha value is -1.91. The van der Waals surface area contributed by atoms with Crippen molar-refractivity contribution >= 4 is 11.7 Å². The van der Waals surface area contributed by atoms with Gasteiger partial charge in [-0.1, -0.05) is 33.1 Å². The van der Waals surface area contributed by atoms with Gasteiger partial charge in [-0.2, -0.15) is 0 Å². The number of carbonyl (C=O) groups excluding carboxylic acids is 1. The van der Waals surface area contributed by atoms with Gasteiger partial charge in [0.2, 0.25) is 0 Å². The molecule has 5 heteroatoms. The minimum Gasteiger partial charge on any atom is -0.497 e. The van der Waals surface area contributed by atoms with Gasteiger partial charge in [0.1, 0.15) is 5.75 Å². The largest absolute Gasteiger partial charge is 0.497 e. The van der Waals surface area contributed by atoms with Crippen molar-refractivity contribution in [3.05, 3.63) is 24.3 Å². The fourth-order valence-corrected chi connectivity index (χ4v) is 3.49. The molecule has 5 nitrogen and oxygen atoms in total. The van der Waals surface area contributed by atoms with Gasteiger partial charge in [0.05, 0.1) is 7.11 Å². The molecule has 0 aliphatic carbocycles. The lowest BCUT2D eigenvalue weighted by Crippen LogP contribution is -2.48. The highest BCUT2D eigenvalue weighted by Gasteiger charge is 2.21. The molecule has 1 saturated heterocycles. The molecule has 1 aromatic rings. The predicted octanol–water partition coefficient (Wildman–Crippen LogP) is 4.18. The Kier molecular flexibility index (Phi) is 8.59. The number of hydrogen-bond donors (Lipinski definition) is 2. The molecule has 1 heterocycles. The highest BCUT2D eigenvalue weighted by molar-refractivity contribution is 5.74. The number of hydrogen-bond acceptors (Lipinski definition) is 3. The number of nitrogens with one attached hydrogen (secondary N) is 2. The first kappa shape index (κ1) is 20.4. The summed E-state index contributed by atoms with van der Waals surface area (Å²) in [5.74, 6) is 1.48. The lowest BCUT2D eigenvalue weighted by atomic mass is 9.99. The zero-order chi connectivity index (χ0) is 18.8. The summed E-state index contributed by atoms with van der Waals surface area (Å²) in [4.78, 5) is 14.5. The molecule has 1 unspecified atom stereocenters. The first-order valence-corrected chi connectivity index (χ1v) is 10.1. The molecule has 0 spiro atoms. The van der Waals surface area contributed by atoms with Crippen LogP contribution in [0.15, 0.2) is 24.3 Å². The summed E-state index contributed by atoms with van der Waals surface area (Å²) in [5, 5.41) is 6.22. The molecule has 1 aromatic carbocycles. The number of unbranched alkanes of at least 4 members (excludes halogenated alkanes) is 1. The van der Waals surface area contributed by atoms with Crippen molar-refractivity contribution in [3.63, 3.8) is 0 Å². The molecule has 26 heavy (non-hydrogen) atoms. The molecule has 1 aliphatic rings. The summed E-state index contributed by atoms with van der Waals surface area (Å²) in [6.07, 6.45) is 6.74. The smallest absolute Gasteiger partial charge is 0.315 e. The average Bonchev–Trinajstić information content (AvgIpc) is 2.69. The van der Waals surface area contributed by atoms with E-state index in [4.69, 9.17) is 4.74 Å². The van der Waals surface area contributed by atoms with Crippen LogP contribution in [0.2, 0.25) is 0 Å². The summed E-state index contributed by atoms with van der Waals surface area (Å²) < 4.78 is 5.21. The highest BCUT2D eigenvalue weighted by atomic mass is 16.5. The molecular weight excluding hydrogens is 326 g/mol. The van der Waals surface area contributed by atoms with E-state index in [0.29, 0.717) is 5.92 Å². The zero-order valence-corrected chi connectivity index (χ0v) is 16.6. The van der Waals surface area contributed by atoms with E-state index in [0.717, 1.165) is 44.6 Å². The Morgan fingerprint density at radius 2 is 1.92 bits per heavy atom. The summed E-state index contributed by atoms with van der Waals surface area (Å²) >= 11 is 0. The van der Waals surface area contributed by atoms with Crippen molar-refractivity contribution in [3.8, 4) is 5.75 Å². The number of amides is 2. The number of carbonyl (C=O) groups is 1. The van der Waals surface area contributed by atoms with Crippen LogP contribution in [0.1, 0.15) is 52.4 Å². The maximum Gasteiger partial charge on any atom is 0.315 e. The van der Waals surface area contributed by atoms with Crippen LogP contribution in [-0.2, 0) is 0 Å². The molecule has 0 bridgehead atoms. The zero-order valence-electron chi connectivity index (χ0n) is 16.6. The van der Waals surface area contributed by atoms with Gasteiger partial charge in [-0.15, -0.1) is 0 Å². The topological polar surface area (TPSA) is 53.6 Å². The second-order valence-corrected chi connectivity index (χ2v) is 7.23. The molecular formula is C21H35N3O2. The van der Waals surface area contributed by atoms with Crippen LogP contribution >= 0.6 is 0 Å². The summed E-state index contributed by atoms with van der Waals surface area (Å²) in [6, 6.07) is 8.44. The summed E-state index contributed by atoms with van der Waals surface area (Å²) in [7, 11) is 1.68. The van der Waals surface area contributed by atoms with E-state index >= 15 is 0 Å². The Bertz CT molecular complexity index is 525. The van der Waals surface area contributed by atoms with Crippen molar-refractivity contribution in [1.29, 1.82) is 0 Å². The standard InChI is InChI=1S/C21H35N3O2/c1-4-6-7-17(5-2)16-22-21(25)23-18-12-14-24(15-13-18)19-8-10-20(26-3)11-9-19/h8-11,17-18H,4-7,12-16H2,1-3H3,(H2,22,23,25). The molecule has 2 amide bonds. The van der Waals surface area contributed by atoms with Gasteiger partial charge in [0.25, 0.3) is 0 Å². The van der Waals surface area contributed by atoms with Crippen LogP contribution in [-0.4, -0.2) is 38.8 Å². The lowest BCUT2D eigenvalue weighted by Gasteiger charge is -2.34. The van der Waals surface area contributed by atoms with E-state index < -0.39 is 0 Å². The Morgan fingerprint density at radius 3 is 2.50 bits per heavy atom. The molecule has 1 atom stereocenters. The number of piperidine rings is 1. The third kappa shape index (κ3) is 6.43. The fraction of sp³-hybridized carbons (Fsp3) is 0.667. The van der Waals surface area contributed by atoms with Gasteiger partial charge in [-0.05, 0) is 49.4 Å². The molecule has 2 N–H and O–H groups in total. The van der Waals surface area contributed by atoms with Crippen molar-refractivity contribution in [2.45, 2.75) is 58.4 Å². The summed E-state index contributed by atoms with van der Waals surface area (Å²) in [6.45, 7) is 7.13. The van der Waals surface area contributed by atoms with Gasteiger partial charge >= 0.3 is 6.03 Å². The monoisotopic (exact) mass is 361 g/mol. The highest BCUT2D eigenvalue weighted by Crippen LogP contribution is 2.22. The first-order chi connectivity index (χ1) is 12.7. The molecule has 2 rings (SSSR count). The molecule has 0 aromatic heterocycles. The minimum atomic E-state index is -0.0113. The van der Waals surface area contributed by atoms with Crippen molar-refractivity contribution in [1.82, 2.24) is 10.6 Å². The van der Waals surface area contributed by atoms with Crippen LogP contribution < -0.4 is 20.3 Å². The third-order valence-electron chi connectivity index (χ3n) is 5.36. The number of benzene rings is 1. The van der Waals surface area contributed by atoms with Gasteiger partial charge in [0.15, 0.2) is 0 Å². The number of nitrogens with zero attached hydrogens (tertiary/aromatic N) is 1. The normalized spacial score (nSPS) is 16.2. The van der Waals surface area contributed by atoms with Gasteiger partial charge in [0, 0.05) is 31.4 Å². The average molecular weight is 362 g/mol. The maximum atomic E-state index is 12.2. The molecule has 0 radical (unpaired) electrons. The second-order valence-electron chi connectivity index (χ2n) is 7.23. The Labute approximate surface area is 158 Å².